The van der Waals surface area contributed by atoms with Crippen LogP contribution in [0.1, 0.15) is 0 Å². The third kappa shape index (κ3) is 1.58. The minimum atomic E-state index is -0.817. The summed E-state index contributed by atoms with van der Waals surface area (Å²) < 4.78 is 0. The molecule has 0 unspecified atom stereocenters. The van der Waals surface area contributed by atoms with E-state index in [9.17, 15) is 25.4 Å². The van der Waals surface area contributed by atoms with Gasteiger partial charge in [-0.1, -0.05) is 0 Å². The molecule has 0 N–H and O–H groups in total. The molecular formula is C8H4N4O5. The second-order valence-electron chi connectivity index (χ2n) is 3.09. The first-order valence-electron chi connectivity index (χ1n) is 4.32. The fourth-order valence-electron chi connectivity index (χ4n) is 1.47. The van der Waals surface area contributed by atoms with Crippen LogP contribution in [0.3, 0.4) is 0 Å². The van der Waals surface area contributed by atoms with E-state index in [1.165, 1.54) is 12.1 Å². The number of nitro benzene ring substituents is 1. The van der Waals surface area contributed by atoms with Gasteiger partial charge in [0.15, 0.2) is 6.20 Å². The van der Waals surface area contributed by atoms with E-state index in [1.54, 1.807) is 0 Å². The van der Waals surface area contributed by atoms with Gasteiger partial charge in [0.25, 0.3) is 11.2 Å². The Morgan fingerprint density at radius 1 is 1.12 bits per heavy atom. The van der Waals surface area contributed by atoms with Crippen molar-refractivity contribution in [1.29, 1.82) is 0 Å². The molecule has 0 bridgehead atoms. The molecule has 0 fully saturated rings. The van der Waals surface area contributed by atoms with Crippen molar-refractivity contribution in [2.24, 2.45) is 0 Å². The van der Waals surface area contributed by atoms with E-state index in [0.29, 0.717) is 6.20 Å². The Labute approximate surface area is 92.8 Å². The van der Waals surface area contributed by atoms with Crippen LogP contribution in [0.15, 0.2) is 24.4 Å². The Morgan fingerprint density at radius 2 is 1.76 bits per heavy atom. The van der Waals surface area contributed by atoms with E-state index >= 15 is 0 Å². The summed E-state index contributed by atoms with van der Waals surface area (Å²) in [5.74, 6) is 0. The molecular weight excluding hydrogens is 232 g/mol. The Kier molecular flexibility index (Phi) is 2.28. The van der Waals surface area contributed by atoms with Gasteiger partial charge in [-0.2, -0.15) is 0 Å². The standard InChI is InChI=1S/C8H4N4O5/c13-10-5-2-1-3-6(11(14)15)8(5)7(4-9-10)12(16)17/h1-4H. The van der Waals surface area contributed by atoms with Crippen LogP contribution in [0, 0.1) is 25.4 Å². The number of benzene rings is 1. The summed E-state index contributed by atoms with van der Waals surface area (Å²) in [5, 5.41) is 35.7. The molecule has 1 aromatic heterocycles. The Balaban J connectivity index is 2.99. The van der Waals surface area contributed by atoms with Gasteiger partial charge < -0.3 is 5.21 Å². The van der Waals surface area contributed by atoms with Gasteiger partial charge in [-0.05, 0) is 10.9 Å². The highest BCUT2D eigenvalue weighted by atomic mass is 16.6. The average molecular weight is 236 g/mol. The molecule has 1 aromatic carbocycles. The molecule has 17 heavy (non-hydrogen) atoms. The molecule has 0 saturated heterocycles. The number of aromatic nitrogens is 2. The van der Waals surface area contributed by atoms with Crippen molar-refractivity contribution in [2.75, 3.05) is 0 Å². The zero-order valence-corrected chi connectivity index (χ0v) is 8.14. The zero-order chi connectivity index (χ0) is 12.6. The molecule has 0 spiro atoms. The van der Waals surface area contributed by atoms with Crippen LogP contribution in [0.25, 0.3) is 10.9 Å². The summed E-state index contributed by atoms with van der Waals surface area (Å²) in [7, 11) is 0. The van der Waals surface area contributed by atoms with Gasteiger partial charge in [-0.25, -0.2) is 0 Å². The molecule has 0 radical (unpaired) electrons. The van der Waals surface area contributed by atoms with Crippen LogP contribution in [0.5, 0.6) is 0 Å². The first-order chi connectivity index (χ1) is 8.02. The lowest BCUT2D eigenvalue weighted by Crippen LogP contribution is -2.31. The molecule has 2 aromatic rings. The molecule has 86 valence electrons. The second kappa shape index (κ2) is 3.63. The van der Waals surface area contributed by atoms with Crippen molar-refractivity contribution < 1.29 is 14.7 Å². The summed E-state index contributed by atoms with van der Waals surface area (Å²) in [5.41, 5.74) is -1.28. The molecule has 0 aliphatic carbocycles. The average Bonchev–Trinajstić information content (AvgIpc) is 2.28. The fourth-order valence-corrected chi connectivity index (χ4v) is 1.47. The number of rotatable bonds is 2. The highest BCUT2D eigenvalue weighted by molar-refractivity contribution is 5.93. The maximum atomic E-state index is 11.3. The number of nitrogens with zero attached hydrogens (tertiary/aromatic N) is 4. The quantitative estimate of drug-likeness (QED) is 0.326. The number of non-ortho nitro benzene ring substituents is 1. The predicted octanol–water partition coefficient (Wildman–Crippen LogP) is 0.685. The van der Waals surface area contributed by atoms with Crippen LogP contribution in [-0.2, 0) is 0 Å². The number of hydrogen-bond acceptors (Lipinski definition) is 6. The SMILES string of the molecule is O=[N+]([O-])c1cccc2c1c([N+](=O)[O-])cn[n+]2[O-]. The molecule has 2 rings (SSSR count). The fraction of sp³-hybridized carbons (Fsp3) is 0. The van der Waals surface area contributed by atoms with Crippen molar-refractivity contribution in [3.8, 4) is 0 Å². The Morgan fingerprint density at radius 3 is 2.35 bits per heavy atom. The summed E-state index contributed by atoms with van der Waals surface area (Å²) in [6.45, 7) is 0. The predicted molar refractivity (Wildman–Crippen MR) is 54.0 cm³/mol. The van der Waals surface area contributed by atoms with Crippen molar-refractivity contribution in [2.45, 2.75) is 0 Å². The van der Waals surface area contributed by atoms with Gasteiger partial charge >= 0.3 is 5.69 Å². The summed E-state index contributed by atoms with van der Waals surface area (Å²) >= 11 is 0. The number of fused-ring (bicyclic) bond motifs is 1. The molecule has 0 amide bonds. The van der Waals surface area contributed by atoms with E-state index in [2.05, 4.69) is 5.10 Å². The maximum Gasteiger partial charge on any atom is 0.314 e. The lowest BCUT2D eigenvalue weighted by molar-refractivity contribution is -0.643. The molecule has 0 aliphatic rings. The minimum absolute atomic E-state index is 0.106. The summed E-state index contributed by atoms with van der Waals surface area (Å²) in [6, 6.07) is 3.59. The van der Waals surface area contributed by atoms with Gasteiger partial charge in [0.2, 0.25) is 5.39 Å². The largest absolute Gasteiger partial charge is 0.594 e. The summed E-state index contributed by atoms with van der Waals surface area (Å²) in [6.07, 6.45) is 0.697. The molecule has 0 atom stereocenters. The van der Waals surface area contributed by atoms with Gasteiger partial charge in [-0.3, -0.25) is 20.2 Å². The lowest BCUT2D eigenvalue weighted by atomic mass is 10.2. The van der Waals surface area contributed by atoms with Crippen LogP contribution in [0.4, 0.5) is 11.4 Å². The van der Waals surface area contributed by atoms with Gasteiger partial charge in [0.05, 0.1) is 9.85 Å². The second-order valence-corrected chi connectivity index (χ2v) is 3.09. The van der Waals surface area contributed by atoms with Crippen LogP contribution < -0.4 is 4.85 Å². The van der Waals surface area contributed by atoms with Gasteiger partial charge in [0, 0.05) is 17.2 Å². The van der Waals surface area contributed by atoms with Crippen molar-refractivity contribution >= 4 is 22.3 Å². The van der Waals surface area contributed by atoms with E-state index in [-0.39, 0.29) is 15.7 Å². The molecule has 9 heteroatoms. The van der Waals surface area contributed by atoms with Gasteiger partial charge in [-0.15, -0.1) is 0 Å². The smallest absolute Gasteiger partial charge is 0.314 e. The van der Waals surface area contributed by atoms with E-state index in [4.69, 9.17) is 0 Å². The van der Waals surface area contributed by atoms with E-state index in [0.717, 1.165) is 6.07 Å². The van der Waals surface area contributed by atoms with E-state index in [1.807, 2.05) is 0 Å². The Hall–Kier alpha value is -2.84. The third-order valence-electron chi connectivity index (χ3n) is 2.16. The molecule has 0 saturated carbocycles. The molecule has 1 heterocycles. The van der Waals surface area contributed by atoms with Crippen molar-refractivity contribution in [3.05, 3.63) is 49.8 Å². The number of nitro groups is 2. The normalized spacial score (nSPS) is 10.4. The molecule has 9 nitrogen and oxygen atoms in total. The molecule has 0 aliphatic heterocycles. The Bertz CT molecular complexity index is 621. The monoisotopic (exact) mass is 236 g/mol. The van der Waals surface area contributed by atoms with Crippen molar-refractivity contribution in [3.63, 3.8) is 0 Å². The van der Waals surface area contributed by atoms with Crippen LogP contribution >= 0.6 is 0 Å². The topological polar surface area (TPSA) is 126 Å². The van der Waals surface area contributed by atoms with Crippen molar-refractivity contribution in [1.82, 2.24) is 5.10 Å². The van der Waals surface area contributed by atoms with Crippen LogP contribution in [0.2, 0.25) is 0 Å². The van der Waals surface area contributed by atoms with Crippen LogP contribution in [-0.4, -0.2) is 14.9 Å². The lowest BCUT2D eigenvalue weighted by Gasteiger charge is -2.00. The zero-order valence-electron chi connectivity index (χ0n) is 8.14. The maximum absolute atomic E-state index is 11.3. The summed E-state index contributed by atoms with van der Waals surface area (Å²) in [4.78, 5) is 20.0. The van der Waals surface area contributed by atoms with E-state index < -0.39 is 21.2 Å². The van der Waals surface area contributed by atoms with Gasteiger partial charge in [0.1, 0.15) is 0 Å². The first kappa shape index (κ1) is 10.7. The highest BCUT2D eigenvalue weighted by Crippen LogP contribution is 2.30. The minimum Gasteiger partial charge on any atom is -0.594 e. The number of hydrogen-bond donors (Lipinski definition) is 0. The third-order valence-corrected chi connectivity index (χ3v) is 2.16. The first-order valence-corrected chi connectivity index (χ1v) is 4.32. The highest BCUT2D eigenvalue weighted by Gasteiger charge is 2.27.